The molecule has 0 heterocycles. The summed E-state index contributed by atoms with van der Waals surface area (Å²) in [6.45, 7) is 2.76. The van der Waals surface area contributed by atoms with E-state index in [0.29, 0.717) is 0 Å². The van der Waals surface area contributed by atoms with Crippen molar-refractivity contribution in [2.75, 3.05) is 0 Å². The van der Waals surface area contributed by atoms with Crippen LogP contribution in [0.4, 0.5) is 13.2 Å². The summed E-state index contributed by atoms with van der Waals surface area (Å²) in [4.78, 5) is 10.9. The molecule has 0 saturated carbocycles. The van der Waals surface area contributed by atoms with Gasteiger partial charge in [-0.1, -0.05) is 17.7 Å². The van der Waals surface area contributed by atoms with Crippen molar-refractivity contribution in [3.05, 3.63) is 34.3 Å². The molecular formula is C12H12ClF3O2. The molecule has 6 heteroatoms. The number of alkyl halides is 3. The Hall–Kier alpha value is -1.23. The SMILES string of the molecule is CC(C)(Cc1ccc(Cl)cc1C(F)(F)F)C(=O)O. The highest BCUT2D eigenvalue weighted by Gasteiger charge is 2.36. The van der Waals surface area contributed by atoms with E-state index in [-0.39, 0.29) is 17.0 Å². The molecule has 0 atom stereocenters. The first kappa shape index (κ1) is 14.8. The maximum Gasteiger partial charge on any atom is 0.416 e. The van der Waals surface area contributed by atoms with Gasteiger partial charge < -0.3 is 5.11 Å². The Morgan fingerprint density at radius 1 is 1.33 bits per heavy atom. The molecule has 100 valence electrons. The lowest BCUT2D eigenvalue weighted by Crippen LogP contribution is -2.27. The first-order valence-electron chi connectivity index (χ1n) is 5.13. The molecule has 2 nitrogen and oxygen atoms in total. The van der Waals surface area contributed by atoms with Crippen molar-refractivity contribution in [1.29, 1.82) is 0 Å². The van der Waals surface area contributed by atoms with Crippen LogP contribution in [-0.4, -0.2) is 11.1 Å². The summed E-state index contributed by atoms with van der Waals surface area (Å²) in [5.41, 5.74) is -2.22. The van der Waals surface area contributed by atoms with Crippen LogP contribution in [-0.2, 0) is 17.4 Å². The molecule has 0 spiro atoms. The lowest BCUT2D eigenvalue weighted by Gasteiger charge is -2.22. The van der Waals surface area contributed by atoms with E-state index in [4.69, 9.17) is 16.7 Å². The van der Waals surface area contributed by atoms with Gasteiger partial charge in [0.2, 0.25) is 0 Å². The summed E-state index contributed by atoms with van der Waals surface area (Å²) < 4.78 is 38.4. The van der Waals surface area contributed by atoms with E-state index in [1.54, 1.807) is 0 Å². The van der Waals surface area contributed by atoms with Crippen LogP contribution in [0.2, 0.25) is 5.02 Å². The lowest BCUT2D eigenvalue weighted by atomic mass is 9.84. The van der Waals surface area contributed by atoms with Crippen LogP contribution in [0.25, 0.3) is 0 Å². The Kier molecular flexibility index (Phi) is 3.96. The van der Waals surface area contributed by atoms with Crippen molar-refractivity contribution in [3.63, 3.8) is 0 Å². The van der Waals surface area contributed by atoms with Gasteiger partial charge in [-0.05, 0) is 38.0 Å². The first-order chi connectivity index (χ1) is 8.04. The van der Waals surface area contributed by atoms with Crippen LogP contribution in [0, 0.1) is 5.41 Å². The minimum absolute atomic E-state index is 0.0285. The van der Waals surface area contributed by atoms with Gasteiger partial charge in [0.1, 0.15) is 0 Å². The van der Waals surface area contributed by atoms with Gasteiger partial charge in [-0.15, -0.1) is 0 Å². The maximum atomic E-state index is 12.8. The number of halogens is 4. The number of benzene rings is 1. The van der Waals surface area contributed by atoms with Crippen LogP contribution in [0.3, 0.4) is 0 Å². The molecule has 0 aliphatic heterocycles. The molecule has 0 aliphatic carbocycles. The second kappa shape index (κ2) is 4.80. The Labute approximate surface area is 107 Å². The highest BCUT2D eigenvalue weighted by Crippen LogP contribution is 2.36. The Morgan fingerprint density at radius 3 is 2.33 bits per heavy atom. The van der Waals surface area contributed by atoms with Gasteiger partial charge in [0.05, 0.1) is 11.0 Å². The Bertz CT molecular complexity index is 467. The van der Waals surface area contributed by atoms with E-state index < -0.39 is 23.1 Å². The smallest absolute Gasteiger partial charge is 0.416 e. The van der Waals surface area contributed by atoms with Crippen molar-refractivity contribution >= 4 is 17.6 Å². The van der Waals surface area contributed by atoms with E-state index in [0.717, 1.165) is 6.07 Å². The Morgan fingerprint density at radius 2 is 1.89 bits per heavy atom. The zero-order valence-corrected chi connectivity index (χ0v) is 10.6. The average Bonchev–Trinajstić information content (AvgIpc) is 2.18. The van der Waals surface area contributed by atoms with Crippen molar-refractivity contribution in [1.82, 2.24) is 0 Å². The minimum Gasteiger partial charge on any atom is -0.481 e. The van der Waals surface area contributed by atoms with E-state index >= 15 is 0 Å². The lowest BCUT2D eigenvalue weighted by molar-refractivity contribution is -0.148. The maximum absolute atomic E-state index is 12.8. The molecular weight excluding hydrogens is 269 g/mol. The monoisotopic (exact) mass is 280 g/mol. The van der Waals surface area contributed by atoms with Gasteiger partial charge in [-0.25, -0.2) is 0 Å². The predicted molar refractivity (Wildman–Crippen MR) is 61.6 cm³/mol. The van der Waals surface area contributed by atoms with Crippen LogP contribution < -0.4 is 0 Å². The molecule has 0 aliphatic rings. The summed E-state index contributed by atoms with van der Waals surface area (Å²) in [7, 11) is 0. The predicted octanol–water partition coefficient (Wildman–Crippen LogP) is 4.01. The molecule has 0 unspecified atom stereocenters. The number of aliphatic carboxylic acids is 1. The van der Waals surface area contributed by atoms with Gasteiger partial charge >= 0.3 is 12.1 Å². The fourth-order valence-corrected chi connectivity index (χ4v) is 1.69. The summed E-state index contributed by atoms with van der Waals surface area (Å²) in [6.07, 6.45) is -4.76. The molecule has 0 bridgehead atoms. The molecule has 0 saturated heterocycles. The van der Waals surface area contributed by atoms with Crippen molar-refractivity contribution in [2.45, 2.75) is 26.4 Å². The summed E-state index contributed by atoms with van der Waals surface area (Å²) in [6, 6.07) is 3.36. The van der Waals surface area contributed by atoms with Crippen molar-refractivity contribution in [2.24, 2.45) is 5.41 Å². The van der Waals surface area contributed by atoms with E-state index in [9.17, 15) is 18.0 Å². The zero-order chi connectivity index (χ0) is 14.1. The van der Waals surface area contributed by atoms with Crippen molar-refractivity contribution in [3.8, 4) is 0 Å². The summed E-state index contributed by atoms with van der Waals surface area (Å²) in [5.74, 6) is -1.15. The molecule has 18 heavy (non-hydrogen) atoms. The van der Waals surface area contributed by atoms with Crippen molar-refractivity contribution < 1.29 is 23.1 Å². The largest absolute Gasteiger partial charge is 0.481 e. The molecule has 0 aromatic heterocycles. The molecule has 1 rings (SSSR count). The molecule has 1 aromatic carbocycles. The topological polar surface area (TPSA) is 37.3 Å². The van der Waals surface area contributed by atoms with Gasteiger partial charge in [0.15, 0.2) is 0 Å². The minimum atomic E-state index is -4.55. The highest BCUT2D eigenvalue weighted by molar-refractivity contribution is 6.30. The van der Waals surface area contributed by atoms with Gasteiger partial charge in [0.25, 0.3) is 0 Å². The number of carboxylic acids is 1. The van der Waals surface area contributed by atoms with Gasteiger partial charge in [0, 0.05) is 5.02 Å². The van der Waals surface area contributed by atoms with Crippen LogP contribution in [0.1, 0.15) is 25.0 Å². The molecule has 0 radical (unpaired) electrons. The summed E-state index contributed by atoms with van der Waals surface area (Å²) in [5, 5.41) is 8.92. The second-order valence-electron chi connectivity index (χ2n) is 4.67. The number of hydrogen-bond donors (Lipinski definition) is 1. The average molecular weight is 281 g/mol. The normalized spacial score (nSPS) is 12.6. The molecule has 0 amide bonds. The van der Waals surface area contributed by atoms with Crippen LogP contribution >= 0.6 is 11.6 Å². The third-order valence-corrected chi connectivity index (χ3v) is 2.82. The number of carbonyl (C=O) groups is 1. The number of carboxylic acid groups (broad SMARTS) is 1. The molecule has 1 N–H and O–H groups in total. The third-order valence-electron chi connectivity index (χ3n) is 2.59. The van der Waals surface area contributed by atoms with Gasteiger partial charge in [-0.3, -0.25) is 4.79 Å². The van der Waals surface area contributed by atoms with E-state index in [2.05, 4.69) is 0 Å². The fraction of sp³-hybridized carbons (Fsp3) is 0.417. The fourth-order valence-electron chi connectivity index (χ4n) is 1.52. The van der Waals surface area contributed by atoms with E-state index in [1.807, 2.05) is 0 Å². The third kappa shape index (κ3) is 3.38. The number of rotatable bonds is 3. The van der Waals surface area contributed by atoms with Crippen LogP contribution in [0.5, 0.6) is 0 Å². The van der Waals surface area contributed by atoms with Gasteiger partial charge in [-0.2, -0.15) is 13.2 Å². The quantitative estimate of drug-likeness (QED) is 0.908. The van der Waals surface area contributed by atoms with E-state index in [1.165, 1.54) is 26.0 Å². The second-order valence-corrected chi connectivity index (χ2v) is 5.10. The Balaban J connectivity index is 3.22. The number of hydrogen-bond acceptors (Lipinski definition) is 1. The first-order valence-corrected chi connectivity index (χ1v) is 5.51. The zero-order valence-electron chi connectivity index (χ0n) is 9.81. The molecule has 0 fully saturated rings. The summed E-state index contributed by atoms with van der Waals surface area (Å²) >= 11 is 5.54. The highest BCUT2D eigenvalue weighted by atomic mass is 35.5. The van der Waals surface area contributed by atoms with Crippen LogP contribution in [0.15, 0.2) is 18.2 Å². The standard InChI is InChI=1S/C12H12ClF3O2/c1-11(2,10(17)18)6-7-3-4-8(13)5-9(7)12(14,15)16/h3-5H,6H2,1-2H3,(H,17,18). The molecule has 1 aromatic rings.